The van der Waals surface area contributed by atoms with E-state index < -0.39 is 0 Å². The highest BCUT2D eigenvalue weighted by atomic mass is 16.1. The molecule has 0 N–H and O–H groups in total. The lowest BCUT2D eigenvalue weighted by Crippen LogP contribution is -2.55. The molecule has 0 amide bonds. The minimum absolute atomic E-state index is 0.212. The van der Waals surface area contributed by atoms with E-state index in [1.54, 1.807) is 0 Å². The van der Waals surface area contributed by atoms with E-state index in [2.05, 4.69) is 19.9 Å². The van der Waals surface area contributed by atoms with E-state index in [4.69, 9.17) is 5.26 Å². The van der Waals surface area contributed by atoms with Crippen LogP contribution in [-0.2, 0) is 4.79 Å². The monoisotopic (exact) mass is 273 g/mol. The van der Waals surface area contributed by atoms with Gasteiger partial charge in [-0.3, -0.25) is 4.79 Å². The minimum Gasteiger partial charge on any atom is -0.298 e. The smallest absolute Gasteiger partial charge is 0.150 e. The van der Waals surface area contributed by atoms with Crippen molar-refractivity contribution < 1.29 is 4.79 Å². The predicted molar refractivity (Wildman–Crippen MR) is 78.9 cm³/mol. The van der Waals surface area contributed by atoms with Crippen LogP contribution in [0.15, 0.2) is 0 Å². The molecule has 4 fully saturated rings. The average molecular weight is 273 g/mol. The predicted octanol–water partition coefficient (Wildman–Crippen LogP) is 4.49. The maximum Gasteiger partial charge on any atom is 0.150 e. The molecule has 0 saturated heterocycles. The lowest BCUT2D eigenvalue weighted by molar-refractivity contribution is -0.156. The fraction of sp³-hybridized carbons (Fsp3) is 0.889. The highest BCUT2D eigenvalue weighted by molar-refractivity contribution is 5.84. The molecule has 4 bridgehead atoms. The van der Waals surface area contributed by atoms with E-state index >= 15 is 0 Å². The van der Waals surface area contributed by atoms with Crippen molar-refractivity contribution in [1.82, 2.24) is 0 Å². The zero-order valence-corrected chi connectivity index (χ0v) is 13.2. The Morgan fingerprint density at radius 3 is 2.25 bits per heavy atom. The Morgan fingerprint density at radius 1 is 1.20 bits per heavy atom. The number of hydrogen-bond acceptors (Lipinski definition) is 2. The number of nitrogens with zero attached hydrogens (tertiary/aromatic N) is 1. The Labute approximate surface area is 122 Å². The summed E-state index contributed by atoms with van der Waals surface area (Å²) in [4.78, 5) is 12.5. The molecule has 0 radical (unpaired) electrons. The number of ketones is 1. The van der Waals surface area contributed by atoms with Crippen LogP contribution in [0.2, 0.25) is 0 Å². The second-order valence-electron chi connectivity index (χ2n) is 8.86. The summed E-state index contributed by atoms with van der Waals surface area (Å²) in [5, 5.41) is 9.14. The van der Waals surface area contributed by atoms with Gasteiger partial charge in [-0.25, -0.2) is 0 Å². The van der Waals surface area contributed by atoms with Gasteiger partial charge in [0.2, 0.25) is 0 Å². The van der Waals surface area contributed by atoms with Gasteiger partial charge >= 0.3 is 0 Å². The molecule has 0 aromatic carbocycles. The topological polar surface area (TPSA) is 40.9 Å². The van der Waals surface area contributed by atoms with Crippen molar-refractivity contribution in [3.05, 3.63) is 0 Å². The van der Waals surface area contributed by atoms with Crippen LogP contribution in [0.3, 0.4) is 0 Å². The van der Waals surface area contributed by atoms with Crippen molar-refractivity contribution in [2.45, 2.75) is 72.1 Å². The third kappa shape index (κ3) is 2.20. The molecule has 0 aliphatic heterocycles. The Hall–Kier alpha value is -0.840. The quantitative estimate of drug-likeness (QED) is 0.757. The van der Waals surface area contributed by atoms with Crippen molar-refractivity contribution in [2.75, 3.05) is 0 Å². The van der Waals surface area contributed by atoms with Gasteiger partial charge in [0, 0.05) is 6.42 Å². The van der Waals surface area contributed by atoms with Crippen LogP contribution in [-0.4, -0.2) is 5.78 Å². The third-order valence-corrected chi connectivity index (χ3v) is 6.24. The van der Waals surface area contributed by atoms with Gasteiger partial charge in [-0.2, -0.15) is 5.26 Å². The molecule has 4 rings (SSSR count). The van der Waals surface area contributed by atoms with Gasteiger partial charge in [0.1, 0.15) is 5.92 Å². The Kier molecular flexibility index (Phi) is 3.05. The van der Waals surface area contributed by atoms with E-state index in [1.165, 1.54) is 38.5 Å². The van der Waals surface area contributed by atoms with Gasteiger partial charge in [-0.1, -0.05) is 20.8 Å². The Balaban J connectivity index is 1.83. The zero-order valence-electron chi connectivity index (χ0n) is 13.2. The van der Waals surface area contributed by atoms with Crippen molar-refractivity contribution in [2.24, 2.45) is 28.1 Å². The van der Waals surface area contributed by atoms with Crippen LogP contribution < -0.4 is 0 Å². The van der Waals surface area contributed by atoms with Crippen molar-refractivity contribution >= 4 is 5.78 Å². The van der Waals surface area contributed by atoms with Crippen LogP contribution in [0.5, 0.6) is 0 Å². The third-order valence-electron chi connectivity index (χ3n) is 6.24. The number of carbonyl (C=O) groups is 1. The zero-order chi connectivity index (χ0) is 14.6. The molecule has 4 aliphatic carbocycles. The van der Waals surface area contributed by atoms with E-state index in [0.717, 1.165) is 5.92 Å². The molecule has 4 aliphatic rings. The first kappa shape index (κ1) is 14.1. The summed E-state index contributed by atoms with van der Waals surface area (Å²) >= 11 is 0. The standard InChI is InChI=1S/C18H27NO/c1-4-14(9-19)15(20)8-18-7-13-5-16(2,11-18)10-17(3,6-13)12-18/h13-14H,4-8,10-12H2,1-3H3. The molecule has 0 aromatic rings. The SMILES string of the molecule is CCC(C#N)C(=O)CC12CC3CC(C)(CC(C)(C3)C1)C2. The van der Waals surface area contributed by atoms with Gasteiger partial charge in [0.05, 0.1) is 6.07 Å². The maximum absolute atomic E-state index is 12.5. The molecule has 0 heterocycles. The molecule has 110 valence electrons. The summed E-state index contributed by atoms with van der Waals surface area (Å²) in [6, 6.07) is 2.20. The molecular formula is C18H27NO. The van der Waals surface area contributed by atoms with Crippen LogP contribution in [0.4, 0.5) is 0 Å². The van der Waals surface area contributed by atoms with E-state index in [-0.39, 0.29) is 17.1 Å². The van der Waals surface area contributed by atoms with Gasteiger partial charge in [0.25, 0.3) is 0 Å². The molecule has 3 unspecified atom stereocenters. The summed E-state index contributed by atoms with van der Waals surface area (Å²) in [7, 11) is 0. The average Bonchev–Trinajstić information content (AvgIpc) is 2.24. The molecular weight excluding hydrogens is 246 g/mol. The Bertz CT molecular complexity index is 456. The number of nitriles is 1. The first-order chi connectivity index (χ1) is 9.31. The van der Waals surface area contributed by atoms with E-state index in [0.29, 0.717) is 23.7 Å². The largest absolute Gasteiger partial charge is 0.298 e. The van der Waals surface area contributed by atoms with Gasteiger partial charge < -0.3 is 0 Å². The number of carbonyl (C=O) groups excluding carboxylic acids is 1. The lowest BCUT2D eigenvalue weighted by Gasteiger charge is -2.65. The second-order valence-corrected chi connectivity index (χ2v) is 8.86. The molecule has 2 nitrogen and oxygen atoms in total. The summed E-state index contributed by atoms with van der Waals surface area (Å²) in [6.45, 7) is 6.83. The van der Waals surface area contributed by atoms with Gasteiger partial charge in [0.15, 0.2) is 5.78 Å². The molecule has 0 aromatic heterocycles. The van der Waals surface area contributed by atoms with E-state index in [9.17, 15) is 4.79 Å². The number of Topliss-reactive ketones (excluding diaryl/α,β-unsaturated/α-hetero) is 1. The van der Waals surface area contributed by atoms with Crippen molar-refractivity contribution in [3.8, 4) is 6.07 Å². The lowest BCUT2D eigenvalue weighted by atomic mass is 9.39. The Morgan fingerprint density at radius 2 is 1.80 bits per heavy atom. The summed E-state index contributed by atoms with van der Waals surface area (Å²) < 4.78 is 0. The molecule has 0 spiro atoms. The van der Waals surface area contributed by atoms with Crippen molar-refractivity contribution in [1.29, 1.82) is 5.26 Å². The first-order valence-electron chi connectivity index (χ1n) is 8.23. The number of rotatable bonds is 4. The van der Waals surface area contributed by atoms with Crippen molar-refractivity contribution in [3.63, 3.8) is 0 Å². The fourth-order valence-corrected chi connectivity index (χ4v) is 6.77. The molecule has 3 atom stereocenters. The van der Waals surface area contributed by atoms with Crippen LogP contribution in [0.1, 0.15) is 72.1 Å². The van der Waals surface area contributed by atoms with Crippen LogP contribution in [0, 0.1) is 39.4 Å². The second kappa shape index (κ2) is 4.33. The number of hydrogen-bond donors (Lipinski definition) is 0. The van der Waals surface area contributed by atoms with Crippen LogP contribution >= 0.6 is 0 Å². The summed E-state index contributed by atoms with van der Waals surface area (Å²) in [5.41, 5.74) is 1.15. The van der Waals surface area contributed by atoms with Gasteiger partial charge in [-0.15, -0.1) is 0 Å². The van der Waals surface area contributed by atoms with E-state index in [1.807, 2.05) is 6.92 Å². The summed E-state index contributed by atoms with van der Waals surface area (Å²) in [5.74, 6) is 0.670. The molecule has 4 saturated carbocycles. The van der Waals surface area contributed by atoms with Gasteiger partial charge in [-0.05, 0) is 67.1 Å². The first-order valence-corrected chi connectivity index (χ1v) is 8.23. The normalized spacial score (nSPS) is 47.0. The summed E-state index contributed by atoms with van der Waals surface area (Å²) in [6.07, 6.45) is 9.11. The van der Waals surface area contributed by atoms with Crippen LogP contribution in [0.25, 0.3) is 0 Å². The minimum atomic E-state index is -0.372. The molecule has 2 heteroatoms. The highest BCUT2D eigenvalue weighted by Gasteiger charge is 2.60. The fourth-order valence-electron chi connectivity index (χ4n) is 6.77. The highest BCUT2D eigenvalue weighted by Crippen LogP contribution is 2.70. The maximum atomic E-state index is 12.5. The molecule has 20 heavy (non-hydrogen) atoms.